The van der Waals surface area contributed by atoms with Crippen LogP contribution in [0.25, 0.3) is 0 Å². The number of benzene rings is 1. The first-order valence-corrected chi connectivity index (χ1v) is 17.1. The summed E-state index contributed by atoms with van der Waals surface area (Å²) in [5.74, 6) is -0.293. The zero-order valence-electron chi connectivity index (χ0n) is 27.3. The molecule has 1 heterocycles. The minimum atomic E-state index is -1.67. The number of allylic oxidation sites excluding steroid dienone is 1. The molecular formula is C36H52N4O6. The van der Waals surface area contributed by atoms with Crippen LogP contribution in [0, 0.1) is 28.6 Å². The summed E-state index contributed by atoms with van der Waals surface area (Å²) < 4.78 is 6.47. The van der Waals surface area contributed by atoms with Crippen LogP contribution < -0.4 is 11.1 Å². The predicted molar refractivity (Wildman–Crippen MR) is 176 cm³/mol. The van der Waals surface area contributed by atoms with Crippen molar-refractivity contribution in [3.63, 3.8) is 0 Å². The minimum Gasteiger partial charge on any atom is -0.478 e. The maximum atomic E-state index is 13.2. The Morgan fingerprint density at radius 3 is 2.70 bits per heavy atom. The van der Waals surface area contributed by atoms with Gasteiger partial charge in [0.15, 0.2) is 5.96 Å². The van der Waals surface area contributed by atoms with Crippen molar-refractivity contribution in [2.75, 3.05) is 39.9 Å². The Balaban J connectivity index is 1.32. The van der Waals surface area contributed by atoms with Gasteiger partial charge in [0.1, 0.15) is 5.60 Å². The van der Waals surface area contributed by atoms with E-state index in [1.54, 1.807) is 7.05 Å². The Labute approximate surface area is 272 Å². The van der Waals surface area contributed by atoms with E-state index in [0.717, 1.165) is 36.8 Å². The number of nitrogens with one attached hydrogen (secondary N) is 1. The van der Waals surface area contributed by atoms with E-state index in [2.05, 4.69) is 23.3 Å². The lowest BCUT2D eigenvalue weighted by atomic mass is 9.46. The summed E-state index contributed by atoms with van der Waals surface area (Å²) in [6.07, 6.45) is 9.91. The van der Waals surface area contributed by atoms with E-state index in [4.69, 9.17) is 10.5 Å². The maximum Gasteiger partial charge on any atom is 0.334 e. The second-order valence-electron chi connectivity index (χ2n) is 14.8. The van der Waals surface area contributed by atoms with Crippen LogP contribution in [-0.4, -0.2) is 94.5 Å². The van der Waals surface area contributed by atoms with Gasteiger partial charge in [0.05, 0.1) is 30.5 Å². The lowest BCUT2D eigenvalue weighted by Gasteiger charge is -2.61. The first kappa shape index (κ1) is 33.2. The lowest BCUT2D eigenvalue weighted by Crippen LogP contribution is -2.62. The molecule has 252 valence electrons. The largest absolute Gasteiger partial charge is 0.478 e. The number of hydrogen-bond donors (Lipinski definition) is 6. The van der Waals surface area contributed by atoms with E-state index in [9.17, 15) is 25.2 Å². The van der Waals surface area contributed by atoms with Crippen LogP contribution >= 0.6 is 0 Å². The van der Waals surface area contributed by atoms with E-state index in [1.807, 2.05) is 41.4 Å². The Kier molecular flexibility index (Phi) is 9.15. The van der Waals surface area contributed by atoms with E-state index >= 15 is 0 Å². The predicted octanol–water partition coefficient (Wildman–Crippen LogP) is 2.83. The number of aliphatic imine (C=N–C) groups is 1. The molecular weight excluding hydrogens is 584 g/mol. The number of aliphatic hydroxyl groups excluding tert-OH is 1. The minimum absolute atomic E-state index is 0.0308. The van der Waals surface area contributed by atoms with Crippen LogP contribution in [0.2, 0.25) is 0 Å². The number of rotatable bonds is 10. The van der Waals surface area contributed by atoms with E-state index < -0.39 is 28.0 Å². The van der Waals surface area contributed by atoms with Crippen LogP contribution in [0.5, 0.6) is 0 Å². The summed E-state index contributed by atoms with van der Waals surface area (Å²) in [5, 5.41) is 47.8. The highest BCUT2D eigenvalue weighted by molar-refractivity contribution is 5.92. The van der Waals surface area contributed by atoms with Crippen LogP contribution in [0.3, 0.4) is 0 Å². The van der Waals surface area contributed by atoms with E-state index in [0.29, 0.717) is 51.3 Å². The molecule has 1 aromatic rings. The number of carboxylic acid groups (broad SMARTS) is 1. The van der Waals surface area contributed by atoms with Gasteiger partial charge in [-0.15, -0.1) is 0 Å². The molecule has 3 fully saturated rings. The second kappa shape index (κ2) is 12.7. The number of ether oxygens (including phenoxy) is 1. The number of nitrogens with zero attached hydrogens (tertiary/aromatic N) is 2. The summed E-state index contributed by atoms with van der Waals surface area (Å²) in [6, 6.07) is 9.96. The fraction of sp³-hybridized carbons (Fsp3) is 0.667. The van der Waals surface area contributed by atoms with Crippen molar-refractivity contribution in [1.82, 2.24) is 10.2 Å². The van der Waals surface area contributed by atoms with Crippen molar-refractivity contribution < 1.29 is 30.0 Å². The van der Waals surface area contributed by atoms with Crippen molar-refractivity contribution >= 4 is 11.9 Å². The average Bonchev–Trinajstić information content (AvgIpc) is 3.38. The molecule has 10 nitrogen and oxygen atoms in total. The Bertz CT molecular complexity index is 1380. The van der Waals surface area contributed by atoms with Gasteiger partial charge >= 0.3 is 5.97 Å². The molecule has 7 N–H and O–H groups in total. The number of aliphatic hydroxyl groups is 3. The first-order chi connectivity index (χ1) is 22.0. The number of aliphatic carboxylic acids is 1. The van der Waals surface area contributed by atoms with Gasteiger partial charge in [-0.25, -0.2) is 4.79 Å². The zero-order valence-corrected chi connectivity index (χ0v) is 27.3. The number of nitrogens with two attached hydrogens (primary N) is 1. The second-order valence-corrected chi connectivity index (χ2v) is 14.8. The number of guanidine groups is 1. The molecule has 0 aromatic heterocycles. The Morgan fingerprint density at radius 2 is 1.98 bits per heavy atom. The molecule has 4 aliphatic carbocycles. The zero-order chi connectivity index (χ0) is 32.7. The van der Waals surface area contributed by atoms with E-state index in [1.165, 1.54) is 0 Å². The summed E-state index contributed by atoms with van der Waals surface area (Å²) in [4.78, 5) is 19.4. The number of carboxylic acids is 1. The Morgan fingerprint density at radius 1 is 1.20 bits per heavy atom. The molecule has 0 radical (unpaired) electrons. The molecule has 0 saturated heterocycles. The van der Waals surface area contributed by atoms with Crippen molar-refractivity contribution in [2.24, 2.45) is 39.3 Å². The van der Waals surface area contributed by atoms with Gasteiger partial charge in [-0.05, 0) is 73.8 Å². The van der Waals surface area contributed by atoms with Crippen molar-refractivity contribution in [3.05, 3.63) is 59.3 Å². The van der Waals surface area contributed by atoms with Gasteiger partial charge in [0, 0.05) is 56.6 Å². The van der Waals surface area contributed by atoms with Gasteiger partial charge in [0.2, 0.25) is 0 Å². The SMILES string of the molecule is CN=C(N)N1C=CC(CNCCO)C2(C1)C1CCC(C)C23CC(O)(COC2CCCC(O)(Cc4ccccc4)C2)C(C(=O)O)=C3C1. The van der Waals surface area contributed by atoms with Crippen LogP contribution in [0.1, 0.15) is 63.9 Å². The molecule has 6 rings (SSSR count). The molecule has 1 aliphatic heterocycles. The molecule has 46 heavy (non-hydrogen) atoms. The standard InChI is InChI=1S/C36H52N4O6/c1-24-10-11-26-17-29-30(31(42)43)34(45,23-46-28-9-6-13-33(44,19-28)18-25-7-4-3-5-8-25)21-35(24,29)36(26)22-40(32(37)38-2)15-12-27(36)20-39-14-16-41/h3-5,7-8,12,15,24,26-28,39,41,44-45H,6,9-11,13-14,16-23H2,1-2H3,(H2,37,38)(H,42,43). The summed E-state index contributed by atoms with van der Waals surface area (Å²) in [7, 11) is 1.67. The smallest absolute Gasteiger partial charge is 0.334 e. The molecule has 2 spiro atoms. The van der Waals surface area contributed by atoms with Crippen LogP contribution in [0.15, 0.2) is 58.7 Å². The third-order valence-corrected chi connectivity index (χ3v) is 12.4. The fourth-order valence-electron chi connectivity index (χ4n) is 10.6. The van der Waals surface area contributed by atoms with Crippen LogP contribution in [-0.2, 0) is 16.0 Å². The molecule has 1 aromatic carbocycles. The third kappa shape index (κ3) is 5.40. The molecule has 0 amide bonds. The lowest BCUT2D eigenvalue weighted by molar-refractivity contribution is -0.147. The van der Waals surface area contributed by atoms with Gasteiger partial charge in [0.25, 0.3) is 0 Å². The normalized spacial score (nSPS) is 38.9. The Hall–Kier alpha value is -2.76. The summed E-state index contributed by atoms with van der Waals surface area (Å²) >= 11 is 0. The van der Waals surface area contributed by atoms with Gasteiger partial charge in [-0.1, -0.05) is 43.3 Å². The molecule has 8 atom stereocenters. The average molecular weight is 637 g/mol. The fourth-order valence-corrected chi connectivity index (χ4v) is 10.6. The highest BCUT2D eigenvalue weighted by Gasteiger charge is 2.75. The highest BCUT2D eigenvalue weighted by Crippen LogP contribution is 2.77. The van der Waals surface area contributed by atoms with Crippen molar-refractivity contribution in [3.8, 4) is 0 Å². The molecule has 10 heteroatoms. The highest BCUT2D eigenvalue weighted by atomic mass is 16.5. The quantitative estimate of drug-likeness (QED) is 0.129. The first-order valence-electron chi connectivity index (χ1n) is 17.1. The summed E-state index contributed by atoms with van der Waals surface area (Å²) in [6.45, 7) is 3.81. The number of hydrogen-bond acceptors (Lipinski definition) is 7. The maximum absolute atomic E-state index is 13.2. The molecule has 8 unspecified atom stereocenters. The number of carbonyl (C=O) groups is 1. The molecule has 2 bridgehead atoms. The van der Waals surface area contributed by atoms with Crippen molar-refractivity contribution in [2.45, 2.75) is 82.0 Å². The molecule has 3 saturated carbocycles. The van der Waals surface area contributed by atoms with Gasteiger partial charge < -0.3 is 41.1 Å². The van der Waals surface area contributed by atoms with Crippen LogP contribution in [0.4, 0.5) is 0 Å². The third-order valence-electron chi connectivity index (χ3n) is 12.4. The van der Waals surface area contributed by atoms with Gasteiger partial charge in [-0.3, -0.25) is 4.99 Å². The van der Waals surface area contributed by atoms with Gasteiger partial charge in [-0.2, -0.15) is 0 Å². The van der Waals surface area contributed by atoms with Crippen molar-refractivity contribution in [1.29, 1.82) is 0 Å². The summed E-state index contributed by atoms with van der Waals surface area (Å²) in [5.41, 5.74) is 4.89. The molecule has 5 aliphatic rings. The monoisotopic (exact) mass is 636 g/mol. The topological polar surface area (TPSA) is 161 Å². The van der Waals surface area contributed by atoms with E-state index in [-0.39, 0.29) is 49.1 Å².